The Morgan fingerprint density at radius 2 is 1.57 bits per heavy atom. The third kappa shape index (κ3) is 6.24. The third-order valence-electron chi connectivity index (χ3n) is 5.52. The van der Waals surface area contributed by atoms with E-state index in [4.69, 9.17) is 32.5 Å². The first-order valence-corrected chi connectivity index (χ1v) is 13.7. The number of hydrogen-bond donors (Lipinski definition) is 0. The van der Waals surface area contributed by atoms with Gasteiger partial charge in [-0.2, -0.15) is 0 Å². The van der Waals surface area contributed by atoms with Gasteiger partial charge in [0.1, 0.15) is 23.8 Å². The van der Waals surface area contributed by atoms with Crippen molar-refractivity contribution in [2.75, 3.05) is 6.26 Å². The molecule has 4 rings (SSSR count). The van der Waals surface area contributed by atoms with Crippen molar-refractivity contribution in [3.63, 3.8) is 0 Å². The molecule has 0 bridgehead atoms. The number of benzene rings is 3. The molecule has 0 aliphatic carbocycles. The lowest BCUT2D eigenvalue weighted by Gasteiger charge is -2.11. The van der Waals surface area contributed by atoms with Crippen LogP contribution in [0, 0.1) is 6.92 Å². The van der Waals surface area contributed by atoms with Gasteiger partial charge in [-0.25, -0.2) is 0 Å². The summed E-state index contributed by atoms with van der Waals surface area (Å²) in [6.07, 6.45) is 2.10. The Hall–Kier alpha value is -2.40. The average Bonchev–Trinajstić information content (AvgIpc) is 3.28. The fourth-order valence-electron chi connectivity index (χ4n) is 3.73. The quantitative estimate of drug-likeness (QED) is 0.224. The molecule has 3 nitrogen and oxygen atoms in total. The van der Waals surface area contributed by atoms with E-state index in [2.05, 4.69) is 62.5 Å². The molecule has 0 amide bonds. The van der Waals surface area contributed by atoms with Crippen LogP contribution in [0.2, 0.25) is 10.0 Å². The molecular weight excluding hydrogens is 497 g/mol. The monoisotopic (exact) mass is 527 g/mol. The lowest BCUT2D eigenvalue weighted by molar-refractivity contribution is 0.298. The Bertz CT molecular complexity index is 1250. The zero-order chi connectivity index (χ0) is 25.5. The zero-order valence-corrected chi connectivity index (χ0v) is 23.3. The highest BCUT2D eigenvalue weighted by Crippen LogP contribution is 2.39. The molecule has 6 heteroatoms. The van der Waals surface area contributed by atoms with Crippen molar-refractivity contribution in [2.24, 2.45) is 0 Å². The van der Waals surface area contributed by atoms with Gasteiger partial charge in [0.05, 0.1) is 15.6 Å². The minimum atomic E-state index is 0.139. The minimum Gasteiger partial charge on any atom is -0.489 e. The van der Waals surface area contributed by atoms with Crippen molar-refractivity contribution in [1.82, 2.24) is 5.16 Å². The number of halogens is 2. The summed E-state index contributed by atoms with van der Waals surface area (Å²) in [5.74, 6) is 1.67. The maximum Gasteiger partial charge on any atom is 0.146 e. The van der Waals surface area contributed by atoms with E-state index in [9.17, 15) is 0 Å². The van der Waals surface area contributed by atoms with E-state index in [1.807, 2.05) is 32.0 Å². The number of nitrogens with zero attached hydrogens (tertiary/aromatic N) is 1. The lowest BCUT2D eigenvalue weighted by atomic mass is 10.0. The molecule has 1 aromatic heterocycles. The molecule has 3 aromatic carbocycles. The maximum absolute atomic E-state index is 6.44. The second kappa shape index (κ2) is 12.5. The Morgan fingerprint density at radius 3 is 2.17 bits per heavy atom. The molecule has 35 heavy (non-hydrogen) atoms. The van der Waals surface area contributed by atoms with Crippen LogP contribution in [-0.2, 0) is 6.61 Å². The molecule has 0 spiro atoms. The summed E-state index contributed by atoms with van der Waals surface area (Å²) in [4.78, 5) is 1.28. The molecule has 0 aliphatic rings. The summed E-state index contributed by atoms with van der Waals surface area (Å²) < 4.78 is 11.8. The average molecular weight is 529 g/mol. The van der Waals surface area contributed by atoms with Crippen molar-refractivity contribution in [3.05, 3.63) is 87.6 Å². The molecule has 0 aliphatic heterocycles. The summed E-state index contributed by atoms with van der Waals surface area (Å²) in [6.45, 7) is 10.5. The summed E-state index contributed by atoms with van der Waals surface area (Å²) in [6, 6.07) is 20.1. The first kappa shape index (κ1) is 27.2. The second-order valence-corrected chi connectivity index (χ2v) is 9.79. The van der Waals surface area contributed by atoms with Crippen LogP contribution in [0.5, 0.6) is 5.75 Å². The van der Waals surface area contributed by atoms with Gasteiger partial charge in [0.2, 0.25) is 0 Å². The summed E-state index contributed by atoms with van der Waals surface area (Å²) in [5, 5.41) is 5.35. The highest BCUT2D eigenvalue weighted by atomic mass is 35.5. The van der Waals surface area contributed by atoms with Gasteiger partial charge in [0.25, 0.3) is 0 Å². The van der Waals surface area contributed by atoms with Crippen molar-refractivity contribution < 1.29 is 9.26 Å². The van der Waals surface area contributed by atoms with Crippen LogP contribution < -0.4 is 4.74 Å². The Kier molecular flexibility index (Phi) is 9.73. The van der Waals surface area contributed by atoms with E-state index in [1.54, 1.807) is 23.9 Å². The molecule has 184 valence electrons. The molecule has 0 fully saturated rings. The first-order chi connectivity index (χ1) is 16.9. The Morgan fingerprint density at radius 1 is 0.943 bits per heavy atom. The van der Waals surface area contributed by atoms with Crippen LogP contribution in [0.25, 0.3) is 22.4 Å². The van der Waals surface area contributed by atoms with Crippen LogP contribution in [0.4, 0.5) is 0 Å². The molecule has 0 radical (unpaired) electrons. The second-order valence-electron chi connectivity index (χ2n) is 8.12. The van der Waals surface area contributed by atoms with E-state index >= 15 is 0 Å². The number of rotatable bonds is 7. The number of thioether (sulfide) groups is 1. The molecular formula is C29H31Cl2NO2S. The zero-order valence-electron chi connectivity index (χ0n) is 21.0. The molecule has 0 saturated heterocycles. The van der Waals surface area contributed by atoms with E-state index in [0.717, 1.165) is 22.6 Å². The molecule has 4 aromatic rings. The van der Waals surface area contributed by atoms with Gasteiger partial charge < -0.3 is 9.26 Å². The van der Waals surface area contributed by atoms with Gasteiger partial charge >= 0.3 is 0 Å². The summed E-state index contributed by atoms with van der Waals surface area (Å²) in [5.41, 5.74) is 5.76. The van der Waals surface area contributed by atoms with Gasteiger partial charge in [-0.15, -0.1) is 11.8 Å². The number of aromatic nitrogens is 1. The van der Waals surface area contributed by atoms with Crippen molar-refractivity contribution in [1.29, 1.82) is 0 Å². The topological polar surface area (TPSA) is 35.3 Å². The Labute approximate surface area is 222 Å². The number of hydrogen-bond acceptors (Lipinski definition) is 4. The lowest BCUT2D eigenvalue weighted by Crippen LogP contribution is -2.01. The van der Waals surface area contributed by atoms with Gasteiger partial charge in [-0.05, 0) is 60.2 Å². The van der Waals surface area contributed by atoms with Crippen LogP contribution in [0.3, 0.4) is 0 Å². The fraction of sp³-hybridized carbons (Fsp3) is 0.276. The SMILES string of the molecule is CC.CSc1cc(-c2ccc(OCc3c(-c4c(Cl)cccc4Cl)noc3C(C)C)cc2)ccc1C. The van der Waals surface area contributed by atoms with Crippen molar-refractivity contribution in [3.8, 4) is 28.1 Å². The van der Waals surface area contributed by atoms with Crippen molar-refractivity contribution >= 4 is 35.0 Å². The number of aryl methyl sites for hydroxylation is 1. The van der Waals surface area contributed by atoms with Crippen LogP contribution >= 0.6 is 35.0 Å². The van der Waals surface area contributed by atoms with Crippen LogP contribution in [0.1, 0.15) is 50.5 Å². The van der Waals surface area contributed by atoms with E-state index in [0.29, 0.717) is 27.9 Å². The van der Waals surface area contributed by atoms with E-state index in [1.165, 1.54) is 16.0 Å². The highest BCUT2D eigenvalue weighted by molar-refractivity contribution is 7.98. The highest BCUT2D eigenvalue weighted by Gasteiger charge is 2.23. The van der Waals surface area contributed by atoms with Gasteiger partial charge in [0, 0.05) is 16.4 Å². The standard InChI is InChI=1S/C27H25Cl2NO2S.C2H6/c1-16(2)27-21(26(30-32-27)25-22(28)6-5-7-23(25)29)15-31-20-12-10-18(11-13-20)19-9-8-17(3)24(14-19)33-4;1-2/h5-14,16H,15H2,1-4H3;1-2H3. The Balaban J connectivity index is 0.00000167. The predicted molar refractivity (Wildman–Crippen MR) is 150 cm³/mol. The van der Waals surface area contributed by atoms with Crippen molar-refractivity contribution in [2.45, 2.75) is 52.0 Å². The van der Waals surface area contributed by atoms with Gasteiger partial charge in [-0.1, -0.05) is 86.4 Å². The molecule has 0 atom stereocenters. The first-order valence-electron chi connectivity index (χ1n) is 11.7. The largest absolute Gasteiger partial charge is 0.489 e. The molecule has 1 heterocycles. The van der Waals surface area contributed by atoms with E-state index in [-0.39, 0.29) is 5.92 Å². The number of ether oxygens (including phenoxy) is 1. The van der Waals surface area contributed by atoms with E-state index < -0.39 is 0 Å². The van der Waals surface area contributed by atoms with Gasteiger partial charge in [-0.3, -0.25) is 0 Å². The fourth-order valence-corrected chi connectivity index (χ4v) is 4.95. The predicted octanol–water partition coefficient (Wildman–Crippen LogP) is 10.1. The molecule has 0 N–H and O–H groups in total. The molecule has 0 unspecified atom stereocenters. The minimum absolute atomic E-state index is 0.139. The van der Waals surface area contributed by atoms with Crippen LogP contribution in [0.15, 0.2) is 70.1 Å². The maximum atomic E-state index is 6.44. The molecule has 0 saturated carbocycles. The third-order valence-corrected chi connectivity index (χ3v) is 7.03. The summed E-state index contributed by atoms with van der Waals surface area (Å²) in [7, 11) is 0. The normalized spacial score (nSPS) is 10.8. The van der Waals surface area contributed by atoms with Gasteiger partial charge in [0.15, 0.2) is 0 Å². The summed E-state index contributed by atoms with van der Waals surface area (Å²) >= 11 is 14.6. The smallest absolute Gasteiger partial charge is 0.146 e. The van der Waals surface area contributed by atoms with Crippen LogP contribution in [-0.4, -0.2) is 11.4 Å².